The number of aliphatic hydroxyl groups is 13. The third-order valence-electron chi connectivity index (χ3n) is 4.85. The van der Waals surface area contributed by atoms with Crippen molar-refractivity contribution >= 4 is 39.7 Å². The molecule has 40 heavy (non-hydrogen) atoms. The van der Waals surface area contributed by atoms with E-state index in [4.69, 9.17) is 66.4 Å². The van der Waals surface area contributed by atoms with Crippen LogP contribution < -0.4 is 15.3 Å². The van der Waals surface area contributed by atoms with Gasteiger partial charge in [-0.3, -0.25) is 0 Å². The van der Waals surface area contributed by atoms with Crippen molar-refractivity contribution in [3.8, 4) is 0 Å². The molecular weight excluding hydrogens is 613 g/mol. The van der Waals surface area contributed by atoms with E-state index in [1.165, 1.54) is 0 Å². The first-order valence-electron chi connectivity index (χ1n) is 10.7. The van der Waals surface area contributed by atoms with Crippen LogP contribution in [0.1, 0.15) is 12.8 Å². The van der Waals surface area contributed by atoms with Crippen LogP contribution in [0.15, 0.2) is 0 Å². The first kappa shape index (κ1) is 46.1. The van der Waals surface area contributed by atoms with Gasteiger partial charge in [0.05, 0.1) is 5.97 Å². The average Bonchev–Trinajstić information content (AvgIpc) is 2.94. The molecule has 0 spiro atoms. The zero-order valence-corrected chi connectivity index (χ0v) is 24.2. The molecule has 0 heterocycles. The largest absolute Gasteiger partial charge is 0.550 e. The van der Waals surface area contributed by atoms with Crippen molar-refractivity contribution in [1.82, 2.24) is 0 Å². The molecule has 19 nitrogen and oxygen atoms in total. The highest BCUT2D eigenvalue weighted by molar-refractivity contribution is 7.75. The van der Waals surface area contributed by atoms with Crippen LogP contribution in [0.4, 0.5) is 0 Å². The highest BCUT2D eigenvalue weighted by Crippen LogP contribution is 2.55. The van der Waals surface area contributed by atoms with Crippen molar-refractivity contribution in [3.63, 3.8) is 0 Å². The maximum atomic E-state index is 10.1. The minimum atomic E-state index is -2.97. The number of hydrogen-bond donors (Lipinski definition) is 13. The van der Waals surface area contributed by atoms with Gasteiger partial charge in [-0.1, -0.05) is 0 Å². The summed E-state index contributed by atoms with van der Waals surface area (Å²) in [5, 5.41) is 141. The maximum Gasteiger partial charge on any atom is 0.161 e. The summed E-state index contributed by atoms with van der Waals surface area (Å²) in [7, 11) is -6.59. The summed E-state index contributed by atoms with van der Waals surface area (Å²) in [5.74, 6) is -5.98. The predicted molar refractivity (Wildman–Crippen MR) is 135 cm³/mol. The molecule has 0 aliphatic heterocycles. The third-order valence-corrected chi connectivity index (χ3v) is 12.1. The lowest BCUT2D eigenvalue weighted by atomic mass is 9.96. The summed E-state index contributed by atoms with van der Waals surface area (Å²) in [5.41, 5.74) is -2.97. The van der Waals surface area contributed by atoms with Crippen LogP contribution in [0.25, 0.3) is 0 Å². The van der Waals surface area contributed by atoms with Gasteiger partial charge in [-0.05, 0) is 0 Å². The molecule has 0 saturated heterocycles. The first-order valence-corrected chi connectivity index (χ1v) is 18.3. The van der Waals surface area contributed by atoms with Gasteiger partial charge in [0.1, 0.15) is 27.4 Å². The maximum absolute atomic E-state index is 10.1. The number of carboxylic acids is 3. The van der Waals surface area contributed by atoms with Gasteiger partial charge < -0.3 is 96.1 Å². The number of rotatable bonds is 17. The van der Waals surface area contributed by atoms with Crippen LogP contribution in [0.2, 0.25) is 0 Å². The van der Waals surface area contributed by atoms with Crippen molar-refractivity contribution in [2.24, 2.45) is 0 Å². The molecule has 242 valence electrons. The molecule has 0 aliphatic carbocycles. The number of aliphatic hydroxyl groups excluding tert-OH is 12. The Hall–Kier alpha value is -0.820. The molecule has 0 amide bonds. The lowest BCUT2D eigenvalue weighted by Gasteiger charge is -2.29. The van der Waals surface area contributed by atoms with Gasteiger partial charge in [0, 0.05) is 24.8 Å². The monoisotopic (exact) mass is 654 g/mol. The van der Waals surface area contributed by atoms with Gasteiger partial charge in [0.15, 0.2) is 76.2 Å². The fraction of sp³-hybridized carbons (Fsp3) is 0.833. The number of hydrogen-bond acceptors (Lipinski definition) is 19. The van der Waals surface area contributed by atoms with Gasteiger partial charge >= 0.3 is 0 Å². The van der Waals surface area contributed by atoms with E-state index in [1.54, 1.807) is 0 Å². The second-order valence-electron chi connectivity index (χ2n) is 8.14. The first-order chi connectivity index (χ1) is 18.5. The minimum Gasteiger partial charge on any atom is -0.550 e. The molecule has 0 rings (SSSR count). The van der Waals surface area contributed by atoms with Gasteiger partial charge in [-0.2, -0.15) is 0 Å². The number of carbonyl (C=O) groups excluding carboxylic acids is 3. The van der Waals surface area contributed by atoms with Crippen LogP contribution >= 0.6 is 21.8 Å². The minimum absolute atomic E-state index is 0.295. The van der Waals surface area contributed by atoms with Gasteiger partial charge in [-0.15, -0.1) is 0 Å². The zero-order chi connectivity index (χ0) is 32.6. The molecule has 0 fully saturated rings. The molecule has 0 aliphatic rings. The number of aliphatic carboxylic acids is 3. The van der Waals surface area contributed by atoms with Crippen molar-refractivity contribution in [2.45, 2.75) is 18.4 Å². The molecule has 0 aromatic heterocycles. The molecule has 0 aromatic carbocycles. The standard InChI is InChI=1S/C6H8O7.3C4H12O4P/c7-3(8)1-6(13,5(11)12)2-4(9)10;3*5-1-9(2-6,3-7)4-8/h13H,1-2H2,(H,7,8)(H,9,10)(H,11,12);3*5-8H,1-4H2/q;3*+1/p-3. The summed E-state index contributed by atoms with van der Waals surface area (Å²) >= 11 is 0. The third kappa shape index (κ3) is 18.6. The average molecular weight is 654 g/mol. The van der Waals surface area contributed by atoms with Crippen LogP contribution in [0.5, 0.6) is 0 Å². The second kappa shape index (κ2) is 24.7. The lowest BCUT2D eigenvalue weighted by molar-refractivity contribution is -0.339. The van der Waals surface area contributed by atoms with Gasteiger partial charge in [0.25, 0.3) is 0 Å². The molecule has 22 heteroatoms. The fourth-order valence-electron chi connectivity index (χ4n) is 1.49. The van der Waals surface area contributed by atoms with E-state index in [2.05, 4.69) is 0 Å². The highest BCUT2D eigenvalue weighted by atomic mass is 31.2. The summed E-state index contributed by atoms with van der Waals surface area (Å²) in [6.07, 6.45) is -6.26. The normalized spacial score (nSPS) is 11.6. The van der Waals surface area contributed by atoms with E-state index < -0.39 is 58.1 Å². The molecule has 0 radical (unpaired) electrons. The fourth-order valence-corrected chi connectivity index (χ4v) is 3.10. The molecule has 0 bridgehead atoms. The van der Waals surface area contributed by atoms with E-state index >= 15 is 0 Å². The van der Waals surface area contributed by atoms with E-state index in [0.717, 1.165) is 0 Å². The van der Waals surface area contributed by atoms with Crippen molar-refractivity contribution in [2.75, 3.05) is 76.2 Å². The Morgan fingerprint density at radius 2 is 0.575 bits per heavy atom. The smallest absolute Gasteiger partial charge is 0.161 e. The summed E-state index contributed by atoms with van der Waals surface area (Å²) < 4.78 is 0. The summed E-state index contributed by atoms with van der Waals surface area (Å²) in [6, 6.07) is 0. The quantitative estimate of drug-likeness (QED) is 0.0647. The number of carbonyl (C=O) groups is 3. The highest BCUT2D eigenvalue weighted by Gasteiger charge is 2.36. The van der Waals surface area contributed by atoms with Crippen LogP contribution in [-0.2, 0) is 14.4 Å². The molecular formula is C18H41O19P3. The van der Waals surface area contributed by atoms with Crippen molar-refractivity contribution < 1.29 is 96.1 Å². The molecule has 0 atom stereocenters. The van der Waals surface area contributed by atoms with Crippen LogP contribution in [0, 0.1) is 0 Å². The van der Waals surface area contributed by atoms with E-state index in [0.29, 0.717) is 0 Å². The SMILES string of the molecule is O=C([O-])CC(O)(CC(=O)[O-])C(=O)[O-].OC[P+](CO)(CO)CO.OC[P+](CO)(CO)CO.OC[P+](CO)(CO)CO. The van der Waals surface area contributed by atoms with Crippen molar-refractivity contribution in [3.05, 3.63) is 0 Å². The molecule has 0 unspecified atom stereocenters. The Morgan fingerprint density at radius 1 is 0.425 bits per heavy atom. The van der Waals surface area contributed by atoms with E-state index in [1.807, 2.05) is 0 Å². The zero-order valence-electron chi connectivity index (χ0n) is 21.5. The predicted octanol–water partition coefficient (Wildman–Crippen LogP) is -8.84. The molecule has 0 saturated carbocycles. The number of carboxylic acid groups (broad SMARTS) is 3. The Bertz CT molecular complexity index is 555. The summed E-state index contributed by atoms with van der Waals surface area (Å²) in [6.45, 7) is 0. The molecule has 0 aromatic rings. The van der Waals surface area contributed by atoms with E-state index in [-0.39, 0.29) is 76.2 Å². The Morgan fingerprint density at radius 3 is 0.625 bits per heavy atom. The van der Waals surface area contributed by atoms with Gasteiger partial charge in [-0.25, -0.2) is 0 Å². The molecule has 13 N–H and O–H groups in total. The van der Waals surface area contributed by atoms with E-state index in [9.17, 15) is 29.7 Å². The topological polar surface area (TPSA) is 383 Å². The Labute approximate surface area is 230 Å². The Balaban J connectivity index is -0.000000219. The summed E-state index contributed by atoms with van der Waals surface area (Å²) in [4.78, 5) is 30.0. The van der Waals surface area contributed by atoms with Crippen LogP contribution in [-0.4, -0.2) is 166 Å². The van der Waals surface area contributed by atoms with Crippen molar-refractivity contribution in [1.29, 1.82) is 0 Å². The Kier molecular flexibility index (Phi) is 28.6. The van der Waals surface area contributed by atoms with Gasteiger partial charge in [0.2, 0.25) is 0 Å². The van der Waals surface area contributed by atoms with Crippen LogP contribution in [0.3, 0.4) is 0 Å². The lowest BCUT2D eigenvalue weighted by Crippen LogP contribution is -2.54. The second-order valence-corrected chi connectivity index (χ2v) is 19.6.